The van der Waals surface area contributed by atoms with Crippen molar-refractivity contribution < 1.29 is 19.0 Å². The van der Waals surface area contributed by atoms with Gasteiger partial charge in [-0.15, -0.1) is 0 Å². The minimum atomic E-state index is 0.123. The van der Waals surface area contributed by atoms with Crippen LogP contribution in [0.5, 0.6) is 17.4 Å². The van der Waals surface area contributed by atoms with Gasteiger partial charge < -0.3 is 19.0 Å². The summed E-state index contributed by atoms with van der Waals surface area (Å²) < 4.78 is 16.9. The number of aromatic nitrogens is 1. The van der Waals surface area contributed by atoms with Gasteiger partial charge in [0.1, 0.15) is 23.5 Å². The molecule has 0 fully saturated rings. The molecule has 1 aromatic heterocycles. The largest absolute Gasteiger partial charge is 0.490 e. The molecule has 10 heteroatoms. The molecular formula is C22H24Cl4N2O4. The summed E-state index contributed by atoms with van der Waals surface area (Å²) in [7, 11) is 0. The topological polar surface area (TPSA) is 62.2 Å². The van der Waals surface area contributed by atoms with E-state index < -0.39 is 0 Å². The molecule has 0 amide bonds. The average molecular weight is 522 g/mol. The molecule has 0 spiro atoms. The molecule has 1 aromatic carbocycles. The van der Waals surface area contributed by atoms with Crippen molar-refractivity contribution in [2.75, 3.05) is 26.4 Å². The predicted molar refractivity (Wildman–Crippen MR) is 130 cm³/mol. The first kappa shape index (κ1) is 26.4. The van der Waals surface area contributed by atoms with Gasteiger partial charge in [0, 0.05) is 43.5 Å². The molecule has 0 radical (unpaired) electrons. The average Bonchev–Trinajstić information content (AvgIpc) is 2.75. The van der Waals surface area contributed by atoms with Crippen molar-refractivity contribution in [3.05, 3.63) is 56.6 Å². The molecule has 0 aliphatic heterocycles. The summed E-state index contributed by atoms with van der Waals surface area (Å²) in [5.74, 6) is 1.41. The molecule has 1 heterocycles. The summed E-state index contributed by atoms with van der Waals surface area (Å²) in [6, 6.07) is 6.98. The van der Waals surface area contributed by atoms with Crippen LogP contribution >= 0.6 is 46.4 Å². The van der Waals surface area contributed by atoms with Crippen LogP contribution in [0.25, 0.3) is 0 Å². The lowest BCUT2D eigenvalue weighted by Gasteiger charge is -2.12. The maximum Gasteiger partial charge on any atom is 0.213 e. The van der Waals surface area contributed by atoms with Crippen LogP contribution in [0.15, 0.2) is 46.2 Å². The number of hydrogen-bond acceptors (Lipinski definition) is 6. The van der Waals surface area contributed by atoms with Gasteiger partial charge in [0.15, 0.2) is 5.75 Å². The number of pyridine rings is 1. The second-order valence-corrected chi connectivity index (χ2v) is 8.22. The lowest BCUT2D eigenvalue weighted by Crippen LogP contribution is -2.06. The van der Waals surface area contributed by atoms with Crippen LogP contribution in [-0.4, -0.2) is 37.6 Å². The van der Waals surface area contributed by atoms with E-state index in [4.69, 9.17) is 65.5 Å². The number of halogens is 4. The molecule has 0 saturated heterocycles. The fourth-order valence-electron chi connectivity index (χ4n) is 2.33. The third kappa shape index (κ3) is 10.2. The Morgan fingerprint density at radius 3 is 2.44 bits per heavy atom. The quantitative estimate of drug-likeness (QED) is 0.154. The first-order valence-electron chi connectivity index (χ1n) is 9.97. The van der Waals surface area contributed by atoms with E-state index in [0.29, 0.717) is 60.1 Å². The molecule has 0 unspecified atom stereocenters. The van der Waals surface area contributed by atoms with Gasteiger partial charge in [-0.1, -0.05) is 64.5 Å². The molecule has 0 bridgehead atoms. The Hall–Kier alpha value is -1.86. The molecule has 2 aromatic rings. The Kier molecular flexibility index (Phi) is 12.4. The van der Waals surface area contributed by atoms with E-state index in [9.17, 15) is 0 Å². The van der Waals surface area contributed by atoms with Crippen LogP contribution in [0, 0.1) is 0 Å². The second kappa shape index (κ2) is 15.1. The first-order valence-corrected chi connectivity index (χ1v) is 11.5. The number of benzene rings is 1. The number of ether oxygens (including phenoxy) is 3. The van der Waals surface area contributed by atoms with E-state index in [0.717, 1.165) is 12.0 Å². The van der Waals surface area contributed by atoms with Crippen LogP contribution in [0.1, 0.15) is 25.3 Å². The summed E-state index contributed by atoms with van der Waals surface area (Å²) in [4.78, 5) is 9.34. The minimum absolute atomic E-state index is 0.123. The monoisotopic (exact) mass is 520 g/mol. The standard InChI is InChI=1S/C22H24Cl4N2O4/c1-2-9-32-28-8-6-16-4-5-21(27-15-16)30-10-3-11-31-22-18(23)13-17(14-19(22)24)29-12-7-20(25)26/h4-5,7-8,13-15H,2-3,6,9-12H2,1H3/b28-8+. The highest BCUT2D eigenvalue weighted by Gasteiger charge is 2.11. The van der Waals surface area contributed by atoms with Crippen LogP contribution in [0.3, 0.4) is 0 Å². The molecule has 0 saturated carbocycles. The molecule has 2 rings (SSSR count). The fraction of sp³-hybridized carbons (Fsp3) is 0.364. The van der Waals surface area contributed by atoms with E-state index >= 15 is 0 Å². The van der Waals surface area contributed by atoms with Crippen molar-refractivity contribution in [3.8, 4) is 17.4 Å². The number of hydrogen-bond donors (Lipinski definition) is 0. The summed E-state index contributed by atoms with van der Waals surface area (Å²) >= 11 is 23.6. The van der Waals surface area contributed by atoms with Crippen LogP contribution in [0.2, 0.25) is 10.0 Å². The molecule has 0 atom stereocenters. The van der Waals surface area contributed by atoms with E-state index in [1.807, 2.05) is 19.1 Å². The third-order valence-corrected chi connectivity index (χ3v) is 4.68. The maximum absolute atomic E-state index is 6.25. The Morgan fingerprint density at radius 1 is 1.03 bits per heavy atom. The predicted octanol–water partition coefficient (Wildman–Crippen LogP) is 6.89. The van der Waals surface area contributed by atoms with Crippen molar-refractivity contribution in [1.82, 2.24) is 4.98 Å². The first-order chi connectivity index (χ1) is 15.5. The minimum Gasteiger partial charge on any atom is -0.490 e. The SMILES string of the molecule is CCCO/N=C/Cc1ccc(OCCCOc2c(Cl)cc(OCC=C(Cl)Cl)cc2Cl)nc1. The Balaban J connectivity index is 1.71. The van der Waals surface area contributed by atoms with Crippen LogP contribution in [-0.2, 0) is 11.3 Å². The Morgan fingerprint density at radius 2 is 1.78 bits per heavy atom. The fourth-order valence-corrected chi connectivity index (χ4v) is 3.03. The number of rotatable bonds is 14. The lowest BCUT2D eigenvalue weighted by molar-refractivity contribution is 0.146. The smallest absolute Gasteiger partial charge is 0.213 e. The van der Waals surface area contributed by atoms with Gasteiger partial charge in [0.05, 0.1) is 23.3 Å². The maximum atomic E-state index is 6.25. The lowest BCUT2D eigenvalue weighted by atomic mass is 10.2. The number of nitrogens with zero attached hydrogens (tertiary/aromatic N) is 2. The molecule has 6 nitrogen and oxygen atoms in total. The van der Waals surface area contributed by atoms with Crippen molar-refractivity contribution in [1.29, 1.82) is 0 Å². The van der Waals surface area contributed by atoms with E-state index in [-0.39, 0.29) is 11.1 Å². The summed E-state index contributed by atoms with van der Waals surface area (Å²) in [5.41, 5.74) is 1.02. The molecule has 32 heavy (non-hydrogen) atoms. The molecular weight excluding hydrogens is 498 g/mol. The molecule has 174 valence electrons. The highest BCUT2D eigenvalue weighted by Crippen LogP contribution is 2.37. The van der Waals surface area contributed by atoms with E-state index in [1.54, 1.807) is 24.5 Å². The van der Waals surface area contributed by atoms with Gasteiger partial charge in [-0.05, 0) is 18.1 Å². The van der Waals surface area contributed by atoms with Crippen molar-refractivity contribution in [2.24, 2.45) is 5.16 Å². The van der Waals surface area contributed by atoms with E-state index in [1.165, 1.54) is 6.08 Å². The van der Waals surface area contributed by atoms with Gasteiger partial charge in [0.25, 0.3) is 0 Å². The highest BCUT2D eigenvalue weighted by atomic mass is 35.5. The zero-order valence-electron chi connectivity index (χ0n) is 17.5. The zero-order valence-corrected chi connectivity index (χ0v) is 20.6. The second-order valence-electron chi connectivity index (χ2n) is 6.40. The molecule has 0 N–H and O–H groups in total. The summed E-state index contributed by atoms with van der Waals surface area (Å²) in [6.07, 6.45) is 7.17. The van der Waals surface area contributed by atoms with Gasteiger partial charge in [-0.3, -0.25) is 0 Å². The van der Waals surface area contributed by atoms with Gasteiger partial charge in [-0.2, -0.15) is 0 Å². The highest BCUT2D eigenvalue weighted by molar-refractivity contribution is 6.55. The normalized spacial score (nSPS) is 10.8. The number of oxime groups is 1. The van der Waals surface area contributed by atoms with Gasteiger partial charge >= 0.3 is 0 Å². The van der Waals surface area contributed by atoms with Gasteiger partial charge in [-0.25, -0.2) is 4.98 Å². The zero-order chi connectivity index (χ0) is 23.2. The molecule has 0 aliphatic carbocycles. The van der Waals surface area contributed by atoms with Crippen molar-refractivity contribution in [3.63, 3.8) is 0 Å². The van der Waals surface area contributed by atoms with Crippen molar-refractivity contribution in [2.45, 2.75) is 26.2 Å². The van der Waals surface area contributed by atoms with Crippen molar-refractivity contribution >= 4 is 52.6 Å². The summed E-state index contributed by atoms with van der Waals surface area (Å²) in [6.45, 7) is 3.65. The summed E-state index contributed by atoms with van der Waals surface area (Å²) in [5, 5.41) is 4.56. The van der Waals surface area contributed by atoms with E-state index in [2.05, 4.69) is 10.1 Å². The van der Waals surface area contributed by atoms with Gasteiger partial charge in [0.2, 0.25) is 5.88 Å². The van der Waals surface area contributed by atoms with Crippen LogP contribution < -0.4 is 14.2 Å². The Labute approximate surface area is 208 Å². The van der Waals surface area contributed by atoms with Crippen LogP contribution in [0.4, 0.5) is 0 Å². The Bertz CT molecular complexity index is 865. The third-order valence-electron chi connectivity index (χ3n) is 3.81. The molecule has 0 aliphatic rings.